The van der Waals surface area contributed by atoms with Gasteiger partial charge in [0.1, 0.15) is 10.8 Å². The SMILES string of the molecule is CN(Cc1cccc(C(N)=S)c1)Cc1ccccc1F. The molecule has 0 aliphatic carbocycles. The molecule has 20 heavy (non-hydrogen) atoms. The fraction of sp³-hybridized carbons (Fsp3) is 0.188. The van der Waals surface area contributed by atoms with Crippen molar-refractivity contribution in [3.05, 3.63) is 71.0 Å². The molecule has 4 heteroatoms. The number of nitrogens with zero attached hydrogens (tertiary/aromatic N) is 1. The highest BCUT2D eigenvalue weighted by Crippen LogP contribution is 2.12. The van der Waals surface area contributed by atoms with Crippen molar-refractivity contribution < 1.29 is 4.39 Å². The van der Waals surface area contributed by atoms with Crippen LogP contribution in [-0.2, 0) is 13.1 Å². The summed E-state index contributed by atoms with van der Waals surface area (Å²) in [6.45, 7) is 1.27. The van der Waals surface area contributed by atoms with Gasteiger partial charge in [-0.05, 0) is 24.7 Å². The third-order valence-electron chi connectivity index (χ3n) is 3.06. The topological polar surface area (TPSA) is 29.3 Å². The Hall–Kier alpha value is -1.78. The summed E-state index contributed by atoms with van der Waals surface area (Å²) in [6, 6.07) is 14.6. The van der Waals surface area contributed by atoms with E-state index in [1.165, 1.54) is 6.07 Å². The molecule has 0 unspecified atom stereocenters. The number of nitrogens with two attached hydrogens (primary N) is 1. The molecule has 0 fully saturated rings. The van der Waals surface area contributed by atoms with Gasteiger partial charge in [0.2, 0.25) is 0 Å². The molecule has 0 saturated heterocycles. The molecule has 0 atom stereocenters. The largest absolute Gasteiger partial charge is 0.389 e. The van der Waals surface area contributed by atoms with Gasteiger partial charge in [0.15, 0.2) is 0 Å². The van der Waals surface area contributed by atoms with Crippen molar-refractivity contribution in [3.63, 3.8) is 0 Å². The van der Waals surface area contributed by atoms with Crippen molar-refractivity contribution >= 4 is 17.2 Å². The van der Waals surface area contributed by atoms with Crippen LogP contribution in [-0.4, -0.2) is 16.9 Å². The molecule has 0 heterocycles. The molecule has 0 aromatic heterocycles. The fourth-order valence-electron chi connectivity index (χ4n) is 2.11. The zero-order chi connectivity index (χ0) is 14.5. The Morgan fingerprint density at radius 3 is 2.60 bits per heavy atom. The minimum Gasteiger partial charge on any atom is -0.389 e. The third kappa shape index (κ3) is 3.85. The van der Waals surface area contributed by atoms with Crippen LogP contribution in [0.2, 0.25) is 0 Å². The minimum absolute atomic E-state index is 0.170. The van der Waals surface area contributed by atoms with Gasteiger partial charge < -0.3 is 5.73 Å². The van der Waals surface area contributed by atoms with E-state index >= 15 is 0 Å². The van der Waals surface area contributed by atoms with Crippen molar-refractivity contribution in [2.24, 2.45) is 5.73 Å². The van der Waals surface area contributed by atoms with Crippen molar-refractivity contribution in [1.82, 2.24) is 4.90 Å². The maximum Gasteiger partial charge on any atom is 0.127 e. The number of thiocarbonyl (C=S) groups is 1. The molecule has 0 spiro atoms. The molecule has 2 rings (SSSR count). The normalized spacial score (nSPS) is 10.8. The fourth-order valence-corrected chi connectivity index (χ4v) is 2.23. The van der Waals surface area contributed by atoms with Gasteiger partial charge in [0.05, 0.1) is 0 Å². The van der Waals surface area contributed by atoms with Crippen LogP contribution in [0, 0.1) is 5.82 Å². The maximum absolute atomic E-state index is 13.6. The molecular weight excluding hydrogens is 271 g/mol. The zero-order valence-corrected chi connectivity index (χ0v) is 12.2. The summed E-state index contributed by atoms with van der Waals surface area (Å²) in [5.41, 5.74) is 8.28. The lowest BCUT2D eigenvalue weighted by Crippen LogP contribution is -2.18. The van der Waals surface area contributed by atoms with Crippen LogP contribution < -0.4 is 5.73 Å². The first-order valence-electron chi connectivity index (χ1n) is 6.37. The van der Waals surface area contributed by atoms with Crippen LogP contribution >= 0.6 is 12.2 Å². The van der Waals surface area contributed by atoms with Crippen LogP contribution in [0.3, 0.4) is 0 Å². The van der Waals surface area contributed by atoms with Crippen LogP contribution in [0.25, 0.3) is 0 Å². The molecule has 0 bridgehead atoms. The van der Waals surface area contributed by atoms with Crippen LogP contribution in [0.15, 0.2) is 48.5 Å². The summed E-state index contributed by atoms with van der Waals surface area (Å²) in [7, 11) is 1.96. The lowest BCUT2D eigenvalue weighted by molar-refractivity contribution is 0.313. The van der Waals surface area contributed by atoms with Gasteiger partial charge in [-0.3, -0.25) is 4.90 Å². The van der Waals surface area contributed by atoms with Crippen molar-refractivity contribution in [3.8, 4) is 0 Å². The first-order chi connectivity index (χ1) is 9.56. The molecule has 0 radical (unpaired) electrons. The Bertz CT molecular complexity index is 613. The van der Waals surface area contributed by atoms with E-state index in [1.54, 1.807) is 12.1 Å². The van der Waals surface area contributed by atoms with Crippen LogP contribution in [0.5, 0.6) is 0 Å². The van der Waals surface area contributed by atoms with E-state index in [9.17, 15) is 4.39 Å². The third-order valence-corrected chi connectivity index (χ3v) is 3.30. The Balaban J connectivity index is 2.05. The highest BCUT2D eigenvalue weighted by atomic mass is 32.1. The first kappa shape index (κ1) is 14.6. The molecular formula is C16H17FN2S. The average Bonchev–Trinajstić information content (AvgIpc) is 2.41. The highest BCUT2D eigenvalue weighted by molar-refractivity contribution is 7.80. The lowest BCUT2D eigenvalue weighted by Gasteiger charge is -2.17. The van der Waals surface area contributed by atoms with Gasteiger partial charge in [0, 0.05) is 24.2 Å². The maximum atomic E-state index is 13.6. The molecule has 0 aliphatic rings. The molecule has 2 N–H and O–H groups in total. The smallest absolute Gasteiger partial charge is 0.127 e. The predicted octanol–water partition coefficient (Wildman–Crippen LogP) is 3.09. The number of hydrogen-bond acceptors (Lipinski definition) is 2. The van der Waals surface area contributed by atoms with Gasteiger partial charge >= 0.3 is 0 Å². The second-order valence-corrected chi connectivity index (χ2v) is 5.27. The van der Waals surface area contributed by atoms with Crippen LogP contribution in [0.1, 0.15) is 16.7 Å². The summed E-state index contributed by atoms with van der Waals surface area (Å²) < 4.78 is 13.6. The standard InChI is InChI=1S/C16H17FN2S/c1-19(11-14-6-2-3-8-15(14)17)10-12-5-4-7-13(9-12)16(18)20/h2-9H,10-11H2,1H3,(H2,18,20). The second kappa shape index (κ2) is 6.59. The minimum atomic E-state index is -0.170. The Morgan fingerprint density at radius 1 is 1.15 bits per heavy atom. The van der Waals surface area contributed by atoms with Crippen molar-refractivity contribution in [1.29, 1.82) is 0 Å². The number of benzene rings is 2. The summed E-state index contributed by atoms with van der Waals surface area (Å²) in [5, 5.41) is 0. The average molecular weight is 288 g/mol. The summed E-state index contributed by atoms with van der Waals surface area (Å²) >= 11 is 4.97. The quantitative estimate of drug-likeness (QED) is 0.857. The number of rotatable bonds is 5. The summed E-state index contributed by atoms with van der Waals surface area (Å²) in [6.07, 6.45) is 0. The summed E-state index contributed by atoms with van der Waals surface area (Å²) in [4.78, 5) is 2.44. The zero-order valence-electron chi connectivity index (χ0n) is 11.3. The van der Waals surface area contributed by atoms with Gasteiger partial charge in [-0.1, -0.05) is 48.6 Å². The van der Waals surface area contributed by atoms with E-state index < -0.39 is 0 Å². The number of halogens is 1. The molecule has 0 amide bonds. The molecule has 2 aromatic rings. The Kier molecular flexibility index (Phi) is 4.82. The van der Waals surface area contributed by atoms with E-state index in [0.717, 1.165) is 11.1 Å². The van der Waals surface area contributed by atoms with Crippen LogP contribution in [0.4, 0.5) is 4.39 Å². The van der Waals surface area contributed by atoms with Gasteiger partial charge in [0.25, 0.3) is 0 Å². The van der Waals surface area contributed by atoms with E-state index in [-0.39, 0.29) is 5.82 Å². The molecule has 0 aliphatic heterocycles. The van der Waals surface area contributed by atoms with E-state index in [1.807, 2.05) is 37.4 Å². The van der Waals surface area contributed by atoms with Crippen molar-refractivity contribution in [2.75, 3.05) is 7.05 Å². The van der Waals surface area contributed by atoms with E-state index in [0.29, 0.717) is 23.6 Å². The first-order valence-corrected chi connectivity index (χ1v) is 6.78. The number of hydrogen-bond donors (Lipinski definition) is 1. The molecule has 2 nitrogen and oxygen atoms in total. The predicted molar refractivity (Wildman–Crippen MR) is 83.9 cm³/mol. The Labute approximate surface area is 124 Å². The van der Waals surface area contributed by atoms with Gasteiger partial charge in [-0.25, -0.2) is 4.39 Å². The summed E-state index contributed by atoms with van der Waals surface area (Å²) in [5.74, 6) is -0.170. The lowest BCUT2D eigenvalue weighted by atomic mass is 10.1. The molecule has 2 aromatic carbocycles. The Morgan fingerprint density at radius 2 is 1.90 bits per heavy atom. The van der Waals surface area contributed by atoms with Crippen molar-refractivity contribution in [2.45, 2.75) is 13.1 Å². The highest BCUT2D eigenvalue weighted by Gasteiger charge is 2.06. The van der Waals surface area contributed by atoms with Gasteiger partial charge in [-0.15, -0.1) is 0 Å². The van der Waals surface area contributed by atoms with Gasteiger partial charge in [-0.2, -0.15) is 0 Å². The second-order valence-electron chi connectivity index (χ2n) is 4.83. The molecule has 104 valence electrons. The monoisotopic (exact) mass is 288 g/mol. The molecule has 0 saturated carbocycles. The van der Waals surface area contributed by atoms with E-state index in [4.69, 9.17) is 18.0 Å². The van der Waals surface area contributed by atoms with E-state index in [2.05, 4.69) is 4.90 Å².